The number of rotatable bonds is 9. The van der Waals surface area contributed by atoms with Gasteiger partial charge in [0, 0.05) is 36.2 Å². The first-order valence-corrected chi connectivity index (χ1v) is 18.4. The Morgan fingerprint density at radius 3 is 2.18 bits per heavy atom. The largest absolute Gasteiger partial charge is 0.330 e. The van der Waals surface area contributed by atoms with E-state index in [1.54, 1.807) is 5.56 Å². The van der Waals surface area contributed by atoms with Gasteiger partial charge in [-0.15, -0.1) is 0 Å². The maximum absolute atomic E-state index is 4.99. The Kier molecular flexibility index (Phi) is 12.1. The SMILES string of the molecule is C=C(C1CCCCC1)N(CC12CCC(c3ccc(CC)c(C)c3)(CC1)CC2)c1cc(-c2cnn(C(C)C)c2)ccn1.CC.CC. The predicted octanol–water partition coefficient (Wildman–Crippen LogP) is 11.6. The molecule has 2 bridgehead atoms. The average molecular weight is 611 g/mol. The third-order valence-corrected chi connectivity index (χ3v) is 11.1. The van der Waals surface area contributed by atoms with Crippen LogP contribution in [0.3, 0.4) is 0 Å². The van der Waals surface area contributed by atoms with Crippen molar-refractivity contribution < 1.29 is 0 Å². The molecule has 45 heavy (non-hydrogen) atoms. The van der Waals surface area contributed by atoms with Gasteiger partial charge in [-0.05, 0) is 130 Å². The summed E-state index contributed by atoms with van der Waals surface area (Å²) in [5.41, 5.74) is 8.94. The molecule has 4 saturated carbocycles. The molecule has 0 N–H and O–H groups in total. The van der Waals surface area contributed by atoms with E-state index in [0.29, 0.717) is 22.8 Å². The second-order valence-electron chi connectivity index (χ2n) is 13.9. The summed E-state index contributed by atoms with van der Waals surface area (Å²) < 4.78 is 2.04. The van der Waals surface area contributed by atoms with Crippen LogP contribution in [0.4, 0.5) is 5.82 Å². The summed E-state index contributed by atoms with van der Waals surface area (Å²) in [4.78, 5) is 7.55. The number of aromatic nitrogens is 3. The number of nitrogens with zero attached hydrogens (tertiary/aromatic N) is 4. The number of pyridine rings is 1. The van der Waals surface area contributed by atoms with Gasteiger partial charge in [0.05, 0.1) is 6.20 Å². The Bertz CT molecular complexity index is 1350. The molecule has 1 aromatic carbocycles. The fourth-order valence-corrected chi connectivity index (χ4v) is 8.19. The molecule has 4 fully saturated rings. The number of hydrogen-bond acceptors (Lipinski definition) is 3. The van der Waals surface area contributed by atoms with Crippen LogP contribution in [0.25, 0.3) is 11.1 Å². The lowest BCUT2D eigenvalue weighted by atomic mass is 9.51. The topological polar surface area (TPSA) is 34.0 Å². The number of aryl methyl sites for hydroxylation is 2. The van der Waals surface area contributed by atoms with Gasteiger partial charge in [-0.2, -0.15) is 5.10 Å². The van der Waals surface area contributed by atoms with Crippen molar-refractivity contribution in [3.8, 4) is 11.1 Å². The van der Waals surface area contributed by atoms with Crippen LogP contribution < -0.4 is 4.90 Å². The third kappa shape index (κ3) is 7.58. The second kappa shape index (κ2) is 15.6. The van der Waals surface area contributed by atoms with Crippen molar-refractivity contribution in [1.82, 2.24) is 14.8 Å². The first-order valence-electron chi connectivity index (χ1n) is 18.4. The van der Waals surface area contributed by atoms with Gasteiger partial charge in [-0.1, -0.05) is 78.7 Å². The summed E-state index contributed by atoms with van der Waals surface area (Å²) in [5, 5.41) is 4.61. The first-order chi connectivity index (χ1) is 21.8. The van der Waals surface area contributed by atoms with E-state index in [1.165, 1.54) is 93.0 Å². The molecule has 3 aromatic rings. The number of anilines is 1. The summed E-state index contributed by atoms with van der Waals surface area (Å²) >= 11 is 0. The minimum atomic E-state index is 0.345. The van der Waals surface area contributed by atoms with E-state index >= 15 is 0 Å². The zero-order valence-corrected chi connectivity index (χ0v) is 30.0. The summed E-state index contributed by atoms with van der Waals surface area (Å²) in [6, 6.07) is 12.1. The van der Waals surface area contributed by atoms with Crippen LogP contribution in [0.1, 0.15) is 142 Å². The molecule has 0 amide bonds. The van der Waals surface area contributed by atoms with Crippen molar-refractivity contribution in [2.75, 3.05) is 11.4 Å². The zero-order chi connectivity index (χ0) is 32.6. The maximum atomic E-state index is 4.99. The van der Waals surface area contributed by atoms with Gasteiger partial charge in [0.1, 0.15) is 5.82 Å². The minimum absolute atomic E-state index is 0.345. The standard InChI is InChI=1S/C37H50N4.2C2H6/c1-6-30-12-13-34(22-28(30)4)37-18-15-36(16-19-37,17-20-37)26-40(29(5)31-10-8-7-9-11-31)35-23-32(14-21-38-35)33-24-39-41(25-33)27(2)3;2*1-2/h12-14,21-25,27,31H,5-11,15-20,26H2,1-4H3;2*1-2H3. The van der Waals surface area contributed by atoms with Gasteiger partial charge in [-0.3, -0.25) is 4.68 Å². The average Bonchev–Trinajstić information content (AvgIpc) is 3.61. The van der Waals surface area contributed by atoms with E-state index < -0.39 is 0 Å². The number of allylic oxidation sites excluding steroid dienone is 1. The molecule has 0 saturated heterocycles. The molecule has 0 aliphatic heterocycles. The minimum Gasteiger partial charge on any atom is -0.330 e. The van der Waals surface area contributed by atoms with E-state index in [-0.39, 0.29) is 0 Å². The van der Waals surface area contributed by atoms with E-state index in [0.717, 1.165) is 24.3 Å². The molecule has 4 heteroatoms. The predicted molar refractivity (Wildman–Crippen MR) is 194 cm³/mol. The Balaban J connectivity index is 0.00000111. The van der Waals surface area contributed by atoms with Crippen molar-refractivity contribution >= 4 is 5.82 Å². The van der Waals surface area contributed by atoms with E-state index in [9.17, 15) is 0 Å². The van der Waals surface area contributed by atoms with Gasteiger partial charge < -0.3 is 4.90 Å². The number of fused-ring (bicyclic) bond motifs is 3. The Morgan fingerprint density at radius 2 is 1.60 bits per heavy atom. The second-order valence-corrected chi connectivity index (χ2v) is 13.9. The van der Waals surface area contributed by atoms with Gasteiger partial charge in [-0.25, -0.2) is 4.98 Å². The van der Waals surface area contributed by atoms with Crippen molar-refractivity contribution in [2.24, 2.45) is 11.3 Å². The first kappa shape index (κ1) is 35.0. The molecule has 0 spiro atoms. The van der Waals surface area contributed by atoms with Crippen LogP contribution in [-0.4, -0.2) is 21.3 Å². The van der Waals surface area contributed by atoms with Crippen molar-refractivity contribution in [3.05, 3.63) is 77.9 Å². The van der Waals surface area contributed by atoms with E-state index in [1.807, 2.05) is 44.8 Å². The van der Waals surface area contributed by atoms with Crippen LogP contribution >= 0.6 is 0 Å². The molecular formula is C41H62N4. The normalized spacial score (nSPS) is 22.7. The quantitative estimate of drug-likeness (QED) is 0.242. The van der Waals surface area contributed by atoms with Crippen LogP contribution in [-0.2, 0) is 11.8 Å². The third-order valence-electron chi connectivity index (χ3n) is 11.1. The maximum Gasteiger partial charge on any atom is 0.133 e. The molecule has 0 unspecified atom stereocenters. The highest BCUT2D eigenvalue weighted by molar-refractivity contribution is 5.66. The highest BCUT2D eigenvalue weighted by Gasteiger charge is 2.50. The highest BCUT2D eigenvalue weighted by Crippen LogP contribution is 2.58. The smallest absolute Gasteiger partial charge is 0.133 e. The molecule has 4 aliphatic carbocycles. The van der Waals surface area contributed by atoms with E-state index in [4.69, 9.17) is 11.6 Å². The van der Waals surface area contributed by atoms with Crippen LogP contribution in [0, 0.1) is 18.3 Å². The van der Waals surface area contributed by atoms with Crippen molar-refractivity contribution in [3.63, 3.8) is 0 Å². The van der Waals surface area contributed by atoms with Gasteiger partial charge in [0.15, 0.2) is 0 Å². The lowest BCUT2D eigenvalue weighted by molar-refractivity contribution is 0.0459. The highest BCUT2D eigenvalue weighted by atomic mass is 15.3. The molecule has 2 aromatic heterocycles. The van der Waals surface area contributed by atoms with E-state index in [2.05, 4.69) is 74.2 Å². The lowest BCUT2D eigenvalue weighted by Crippen LogP contribution is -2.49. The molecule has 0 atom stereocenters. The van der Waals surface area contributed by atoms with Gasteiger partial charge in [0.25, 0.3) is 0 Å². The number of hydrogen-bond donors (Lipinski definition) is 0. The monoisotopic (exact) mass is 610 g/mol. The van der Waals surface area contributed by atoms with Crippen molar-refractivity contribution in [2.45, 2.75) is 144 Å². The molecular weight excluding hydrogens is 548 g/mol. The zero-order valence-electron chi connectivity index (χ0n) is 30.0. The summed E-state index contributed by atoms with van der Waals surface area (Å²) in [6.45, 7) is 22.8. The van der Waals surface area contributed by atoms with Gasteiger partial charge in [0.2, 0.25) is 0 Å². The fraction of sp³-hybridized carbons (Fsp3) is 0.610. The van der Waals surface area contributed by atoms with Gasteiger partial charge >= 0.3 is 0 Å². The molecule has 246 valence electrons. The molecule has 4 aliphatic rings. The summed E-state index contributed by atoms with van der Waals surface area (Å²) in [6.07, 6.45) is 21.6. The van der Waals surface area contributed by atoms with Crippen molar-refractivity contribution in [1.29, 1.82) is 0 Å². The fourth-order valence-electron chi connectivity index (χ4n) is 8.19. The lowest BCUT2D eigenvalue weighted by Gasteiger charge is -2.55. The Morgan fingerprint density at radius 1 is 0.933 bits per heavy atom. The molecule has 2 heterocycles. The Hall–Kier alpha value is -2.88. The number of benzene rings is 1. The van der Waals surface area contributed by atoms with Crippen LogP contribution in [0.15, 0.2) is 61.2 Å². The Labute approximate surface area is 275 Å². The summed E-state index contributed by atoms with van der Waals surface area (Å²) in [7, 11) is 0. The molecule has 0 radical (unpaired) electrons. The van der Waals surface area contributed by atoms with Crippen LogP contribution in [0.2, 0.25) is 0 Å². The molecule has 7 rings (SSSR count). The molecule has 4 nitrogen and oxygen atoms in total. The van der Waals surface area contributed by atoms with Crippen LogP contribution in [0.5, 0.6) is 0 Å². The summed E-state index contributed by atoms with van der Waals surface area (Å²) in [5.74, 6) is 1.64.